The van der Waals surface area contributed by atoms with E-state index in [1.807, 2.05) is 19.2 Å². The molecule has 2 aromatic rings. The van der Waals surface area contributed by atoms with Crippen molar-refractivity contribution in [2.45, 2.75) is 52.2 Å². The van der Waals surface area contributed by atoms with Crippen molar-refractivity contribution in [2.75, 3.05) is 26.7 Å². The van der Waals surface area contributed by atoms with Crippen LogP contribution in [0.15, 0.2) is 22.7 Å². The number of ether oxygens (including phenoxy) is 1. The van der Waals surface area contributed by atoms with E-state index in [-0.39, 0.29) is 12.0 Å². The van der Waals surface area contributed by atoms with Crippen LogP contribution in [0.4, 0.5) is 0 Å². The molecule has 1 aliphatic carbocycles. The molecule has 7 heteroatoms. The molecular weight excluding hydrogens is 402 g/mol. The minimum Gasteiger partial charge on any atom is -0.490 e. The summed E-state index contributed by atoms with van der Waals surface area (Å²) in [5.41, 5.74) is 2.38. The predicted octanol–water partition coefficient (Wildman–Crippen LogP) is 4.47. The van der Waals surface area contributed by atoms with Crippen molar-refractivity contribution in [1.82, 2.24) is 15.0 Å². The van der Waals surface area contributed by atoms with Gasteiger partial charge in [-0.2, -0.15) is 0 Å². The fraction of sp³-hybridized carbons (Fsp3) is 0.565. The number of carbonyl (C=O) groups excluding carboxylic acids is 1. The van der Waals surface area contributed by atoms with Crippen molar-refractivity contribution in [1.29, 1.82) is 0 Å². The molecule has 1 saturated heterocycles. The van der Waals surface area contributed by atoms with Crippen LogP contribution in [0.1, 0.15) is 53.1 Å². The Labute approximate surface area is 183 Å². The fourth-order valence-corrected chi connectivity index (χ4v) is 4.70. The highest BCUT2D eigenvalue weighted by Crippen LogP contribution is 2.34. The number of hydrogen-bond acceptors (Lipinski definition) is 5. The van der Waals surface area contributed by atoms with Crippen LogP contribution < -0.4 is 4.74 Å². The summed E-state index contributed by atoms with van der Waals surface area (Å²) in [6.07, 6.45) is 4.61. The topological polar surface area (TPSA) is 58.8 Å². The first-order valence-corrected chi connectivity index (χ1v) is 11.1. The Balaban J connectivity index is 1.25. The molecule has 162 valence electrons. The molecule has 1 amide bonds. The quantitative estimate of drug-likeness (QED) is 0.647. The molecular formula is C23H30ClN3O3. The molecule has 1 aliphatic heterocycles. The number of amides is 1. The van der Waals surface area contributed by atoms with E-state index in [9.17, 15) is 4.79 Å². The molecule has 1 aromatic heterocycles. The van der Waals surface area contributed by atoms with Crippen LogP contribution in [-0.2, 0) is 6.54 Å². The zero-order valence-corrected chi connectivity index (χ0v) is 18.7. The first kappa shape index (κ1) is 21.2. The van der Waals surface area contributed by atoms with E-state index in [1.165, 1.54) is 12.8 Å². The highest BCUT2D eigenvalue weighted by atomic mass is 35.5. The minimum atomic E-state index is -0.0315. The molecule has 4 rings (SSSR count). The lowest BCUT2D eigenvalue weighted by molar-refractivity contribution is 0.0418. The molecule has 0 bridgehead atoms. The van der Waals surface area contributed by atoms with E-state index >= 15 is 0 Å². The van der Waals surface area contributed by atoms with Gasteiger partial charge in [-0.25, -0.2) is 0 Å². The van der Waals surface area contributed by atoms with Crippen molar-refractivity contribution in [3.8, 4) is 5.75 Å². The second-order valence-corrected chi connectivity index (χ2v) is 9.11. The number of rotatable bonds is 7. The van der Waals surface area contributed by atoms with Gasteiger partial charge in [0.05, 0.1) is 11.8 Å². The maximum Gasteiger partial charge on any atom is 0.259 e. The molecule has 2 aliphatic rings. The third-order valence-corrected chi connectivity index (χ3v) is 6.59. The number of nitrogens with zero attached hydrogens (tertiary/aromatic N) is 3. The van der Waals surface area contributed by atoms with Gasteiger partial charge in [0.25, 0.3) is 5.91 Å². The largest absolute Gasteiger partial charge is 0.490 e. The van der Waals surface area contributed by atoms with Crippen LogP contribution in [0.25, 0.3) is 0 Å². The SMILES string of the molecule is Cc1noc(C)c1C(=O)N(C)CC1CC(Oc2ccc(CN3CCCC3)c(Cl)c2)C1. The molecule has 0 radical (unpaired) electrons. The molecule has 0 N–H and O–H groups in total. The highest BCUT2D eigenvalue weighted by Gasteiger charge is 2.33. The van der Waals surface area contributed by atoms with E-state index in [1.54, 1.807) is 18.7 Å². The molecule has 30 heavy (non-hydrogen) atoms. The van der Waals surface area contributed by atoms with E-state index in [0.29, 0.717) is 29.5 Å². The lowest BCUT2D eigenvalue weighted by atomic mass is 9.82. The molecule has 0 spiro atoms. The van der Waals surface area contributed by atoms with Crippen molar-refractivity contribution >= 4 is 17.5 Å². The molecule has 0 unspecified atom stereocenters. The normalized spacial score (nSPS) is 21.5. The van der Waals surface area contributed by atoms with Gasteiger partial charge in [-0.05, 0) is 76.2 Å². The zero-order valence-electron chi connectivity index (χ0n) is 18.0. The molecule has 0 atom stereocenters. The lowest BCUT2D eigenvalue weighted by Crippen LogP contribution is -2.42. The number of benzene rings is 1. The molecule has 1 aromatic carbocycles. The first-order chi connectivity index (χ1) is 14.4. The average Bonchev–Trinajstić information content (AvgIpc) is 3.31. The maximum atomic E-state index is 12.7. The summed E-state index contributed by atoms with van der Waals surface area (Å²) in [7, 11) is 1.83. The Bertz CT molecular complexity index is 882. The van der Waals surface area contributed by atoms with Crippen LogP contribution in [0, 0.1) is 19.8 Å². The number of halogens is 1. The Hall–Kier alpha value is -2.05. The summed E-state index contributed by atoms with van der Waals surface area (Å²) in [5.74, 6) is 1.81. The van der Waals surface area contributed by atoms with Crippen LogP contribution >= 0.6 is 11.6 Å². The number of likely N-dealkylation sites (tertiary alicyclic amines) is 1. The third kappa shape index (κ3) is 4.65. The van der Waals surface area contributed by atoms with Gasteiger partial charge in [-0.1, -0.05) is 22.8 Å². The van der Waals surface area contributed by atoms with E-state index in [0.717, 1.165) is 48.8 Å². The van der Waals surface area contributed by atoms with Gasteiger partial charge in [-0.15, -0.1) is 0 Å². The van der Waals surface area contributed by atoms with Crippen molar-refractivity contribution in [3.63, 3.8) is 0 Å². The Kier molecular flexibility index (Phi) is 6.34. The second-order valence-electron chi connectivity index (χ2n) is 8.70. The summed E-state index contributed by atoms with van der Waals surface area (Å²) < 4.78 is 11.2. The van der Waals surface area contributed by atoms with Gasteiger partial charge >= 0.3 is 0 Å². The minimum absolute atomic E-state index is 0.0315. The van der Waals surface area contributed by atoms with Gasteiger partial charge in [-0.3, -0.25) is 9.69 Å². The zero-order chi connectivity index (χ0) is 21.3. The Morgan fingerprint density at radius 1 is 1.30 bits per heavy atom. The molecule has 6 nitrogen and oxygen atoms in total. The van der Waals surface area contributed by atoms with Crippen LogP contribution in [0.3, 0.4) is 0 Å². The number of carbonyl (C=O) groups is 1. The first-order valence-electron chi connectivity index (χ1n) is 10.8. The second kappa shape index (κ2) is 8.98. The summed E-state index contributed by atoms with van der Waals surface area (Å²) in [6.45, 7) is 7.51. The third-order valence-electron chi connectivity index (χ3n) is 6.24. The smallest absolute Gasteiger partial charge is 0.259 e. The molecule has 2 fully saturated rings. The van der Waals surface area contributed by atoms with Gasteiger partial charge < -0.3 is 14.2 Å². The van der Waals surface area contributed by atoms with Crippen molar-refractivity contribution < 1.29 is 14.1 Å². The number of hydrogen-bond donors (Lipinski definition) is 0. The predicted molar refractivity (Wildman–Crippen MR) is 116 cm³/mol. The van der Waals surface area contributed by atoms with E-state index < -0.39 is 0 Å². The van der Waals surface area contributed by atoms with Gasteiger partial charge in [0.1, 0.15) is 17.1 Å². The summed E-state index contributed by atoms with van der Waals surface area (Å²) in [4.78, 5) is 16.9. The molecule has 2 heterocycles. The van der Waals surface area contributed by atoms with Gasteiger partial charge in [0, 0.05) is 25.2 Å². The standard InChI is InChI=1S/C23H30ClN3O3/c1-15-22(16(2)30-25-15)23(28)26(3)13-17-10-20(11-17)29-19-7-6-18(21(24)12-19)14-27-8-4-5-9-27/h6-7,12,17,20H,4-5,8-11,13-14H2,1-3H3. The van der Waals surface area contributed by atoms with Gasteiger partial charge in [0.2, 0.25) is 0 Å². The lowest BCUT2D eigenvalue weighted by Gasteiger charge is -2.37. The average molecular weight is 432 g/mol. The summed E-state index contributed by atoms with van der Waals surface area (Å²) in [5, 5.41) is 4.66. The monoisotopic (exact) mass is 431 g/mol. The Morgan fingerprint density at radius 3 is 2.67 bits per heavy atom. The maximum absolute atomic E-state index is 12.7. The van der Waals surface area contributed by atoms with Crippen molar-refractivity contribution in [2.24, 2.45) is 5.92 Å². The fourth-order valence-electron chi connectivity index (χ4n) is 4.47. The Morgan fingerprint density at radius 2 is 2.03 bits per heavy atom. The number of aromatic nitrogens is 1. The highest BCUT2D eigenvalue weighted by molar-refractivity contribution is 6.31. The number of aryl methyl sites for hydroxylation is 2. The van der Waals surface area contributed by atoms with E-state index in [4.69, 9.17) is 20.9 Å². The summed E-state index contributed by atoms with van der Waals surface area (Å²) >= 11 is 6.50. The summed E-state index contributed by atoms with van der Waals surface area (Å²) in [6, 6.07) is 6.05. The van der Waals surface area contributed by atoms with Crippen LogP contribution in [0.2, 0.25) is 5.02 Å². The van der Waals surface area contributed by atoms with Crippen LogP contribution in [0.5, 0.6) is 5.75 Å². The van der Waals surface area contributed by atoms with E-state index in [2.05, 4.69) is 16.1 Å². The van der Waals surface area contributed by atoms with Crippen LogP contribution in [-0.4, -0.2) is 53.6 Å². The van der Waals surface area contributed by atoms with Crippen molar-refractivity contribution in [3.05, 3.63) is 45.8 Å². The van der Waals surface area contributed by atoms with Gasteiger partial charge in [0.15, 0.2) is 0 Å². The molecule has 1 saturated carbocycles.